The van der Waals surface area contributed by atoms with Crippen molar-refractivity contribution in [3.05, 3.63) is 23.8 Å². The number of rotatable bonds is 6. The Morgan fingerprint density at radius 3 is 2.70 bits per heavy atom. The number of nitrogen functional groups attached to an aromatic ring is 1. The third-order valence-corrected chi connectivity index (χ3v) is 3.71. The highest BCUT2D eigenvalue weighted by molar-refractivity contribution is 6.00. The first-order valence-electron chi connectivity index (χ1n) is 7.28. The summed E-state index contributed by atoms with van der Waals surface area (Å²) in [6.07, 6.45) is 3.23. The second-order valence-electron chi connectivity index (χ2n) is 5.83. The molecule has 1 fully saturated rings. The first-order valence-corrected chi connectivity index (χ1v) is 7.28. The van der Waals surface area contributed by atoms with E-state index in [0.29, 0.717) is 29.0 Å². The van der Waals surface area contributed by atoms with E-state index in [9.17, 15) is 4.79 Å². The highest BCUT2D eigenvalue weighted by Gasteiger charge is 2.33. The molecule has 1 aromatic rings. The minimum Gasteiger partial charge on any atom is -0.495 e. The number of nitrogens with zero attached hydrogens (tertiary/aromatic N) is 1. The largest absolute Gasteiger partial charge is 0.495 e. The van der Waals surface area contributed by atoms with Crippen molar-refractivity contribution in [3.8, 4) is 5.75 Å². The van der Waals surface area contributed by atoms with E-state index < -0.39 is 0 Å². The predicted molar refractivity (Wildman–Crippen MR) is 80.9 cm³/mol. The zero-order valence-electron chi connectivity index (χ0n) is 12.6. The molecular formula is C16H24N2O2. The zero-order valence-corrected chi connectivity index (χ0v) is 12.6. The lowest BCUT2D eigenvalue weighted by atomic mass is 10.1. The molecule has 1 amide bonds. The maximum absolute atomic E-state index is 12.7. The average molecular weight is 276 g/mol. The van der Waals surface area contributed by atoms with Crippen LogP contribution in [-0.4, -0.2) is 30.5 Å². The minimum absolute atomic E-state index is 0.0320. The van der Waals surface area contributed by atoms with Crippen LogP contribution in [0.5, 0.6) is 5.75 Å². The molecule has 0 radical (unpaired) electrons. The van der Waals surface area contributed by atoms with Gasteiger partial charge in [0.25, 0.3) is 5.91 Å². The Bertz CT molecular complexity index is 481. The predicted octanol–water partition coefficient (Wildman–Crippen LogP) is 2.93. The summed E-state index contributed by atoms with van der Waals surface area (Å²) >= 11 is 0. The van der Waals surface area contributed by atoms with E-state index in [1.165, 1.54) is 0 Å². The van der Waals surface area contributed by atoms with Crippen LogP contribution in [-0.2, 0) is 0 Å². The molecule has 20 heavy (non-hydrogen) atoms. The molecule has 0 heterocycles. The molecule has 0 spiro atoms. The molecule has 1 saturated carbocycles. The van der Waals surface area contributed by atoms with Gasteiger partial charge in [-0.05, 0) is 37.3 Å². The molecule has 4 heteroatoms. The van der Waals surface area contributed by atoms with Gasteiger partial charge in [-0.15, -0.1) is 0 Å². The van der Waals surface area contributed by atoms with E-state index in [-0.39, 0.29) is 5.91 Å². The summed E-state index contributed by atoms with van der Waals surface area (Å²) in [5, 5.41) is 0. The topological polar surface area (TPSA) is 55.6 Å². The number of anilines is 1. The third kappa shape index (κ3) is 3.24. The van der Waals surface area contributed by atoms with Gasteiger partial charge in [0.15, 0.2) is 0 Å². The number of hydrogen-bond donors (Lipinski definition) is 1. The first-order chi connectivity index (χ1) is 9.54. The monoisotopic (exact) mass is 276 g/mol. The number of para-hydroxylation sites is 1. The Morgan fingerprint density at radius 2 is 2.15 bits per heavy atom. The summed E-state index contributed by atoms with van der Waals surface area (Å²) in [7, 11) is 1.57. The Balaban J connectivity index is 2.19. The molecular weight excluding hydrogens is 252 g/mol. The maximum atomic E-state index is 12.7. The van der Waals surface area contributed by atoms with Crippen molar-refractivity contribution in [2.75, 3.05) is 19.4 Å². The van der Waals surface area contributed by atoms with Gasteiger partial charge in [0.2, 0.25) is 0 Å². The number of methoxy groups -OCH3 is 1. The van der Waals surface area contributed by atoms with Crippen molar-refractivity contribution < 1.29 is 9.53 Å². The highest BCUT2D eigenvalue weighted by atomic mass is 16.5. The van der Waals surface area contributed by atoms with E-state index in [4.69, 9.17) is 10.5 Å². The fourth-order valence-electron chi connectivity index (χ4n) is 2.30. The van der Waals surface area contributed by atoms with Gasteiger partial charge < -0.3 is 15.4 Å². The molecule has 1 aliphatic rings. The number of nitrogens with two attached hydrogens (primary N) is 1. The van der Waals surface area contributed by atoms with Crippen molar-refractivity contribution in [2.45, 2.75) is 39.2 Å². The summed E-state index contributed by atoms with van der Waals surface area (Å²) in [5.41, 5.74) is 7.03. The summed E-state index contributed by atoms with van der Waals surface area (Å²) in [4.78, 5) is 14.7. The molecule has 0 bridgehead atoms. The Hall–Kier alpha value is -1.71. The fraction of sp³-hybridized carbons (Fsp3) is 0.562. The number of carbonyl (C=O) groups excluding carboxylic acids is 1. The second-order valence-corrected chi connectivity index (χ2v) is 5.83. The van der Waals surface area contributed by atoms with Gasteiger partial charge >= 0.3 is 0 Å². The molecule has 2 N–H and O–H groups in total. The smallest absolute Gasteiger partial charge is 0.256 e. The molecule has 0 aliphatic heterocycles. The van der Waals surface area contributed by atoms with Crippen LogP contribution in [0.2, 0.25) is 0 Å². The van der Waals surface area contributed by atoms with Crippen molar-refractivity contribution in [3.63, 3.8) is 0 Å². The van der Waals surface area contributed by atoms with Gasteiger partial charge in [-0.3, -0.25) is 4.79 Å². The SMILES string of the molecule is COc1cccc(C(=O)N(CCC(C)C)C2CC2)c1N. The van der Waals surface area contributed by atoms with E-state index in [2.05, 4.69) is 13.8 Å². The van der Waals surface area contributed by atoms with E-state index in [1.807, 2.05) is 11.0 Å². The Labute approximate surface area is 120 Å². The number of benzene rings is 1. The van der Waals surface area contributed by atoms with Crippen LogP contribution in [0.3, 0.4) is 0 Å². The molecule has 1 aliphatic carbocycles. The van der Waals surface area contributed by atoms with Crippen LogP contribution in [0.4, 0.5) is 5.69 Å². The van der Waals surface area contributed by atoms with Crippen molar-refractivity contribution >= 4 is 11.6 Å². The van der Waals surface area contributed by atoms with Gasteiger partial charge in [-0.1, -0.05) is 19.9 Å². The molecule has 1 aromatic carbocycles. The van der Waals surface area contributed by atoms with Crippen LogP contribution in [0.25, 0.3) is 0 Å². The fourth-order valence-corrected chi connectivity index (χ4v) is 2.30. The van der Waals surface area contributed by atoms with Crippen molar-refractivity contribution in [1.82, 2.24) is 4.90 Å². The molecule has 0 unspecified atom stereocenters. The molecule has 0 atom stereocenters. The Morgan fingerprint density at radius 1 is 1.45 bits per heavy atom. The molecule has 2 rings (SSSR count). The standard InChI is InChI=1S/C16H24N2O2/c1-11(2)9-10-18(12-7-8-12)16(19)13-5-4-6-14(20-3)15(13)17/h4-6,11-12H,7-10,17H2,1-3H3. The van der Waals surface area contributed by atoms with Gasteiger partial charge in [-0.25, -0.2) is 0 Å². The number of ether oxygens (including phenoxy) is 1. The second kappa shape index (κ2) is 6.16. The lowest BCUT2D eigenvalue weighted by Crippen LogP contribution is -2.35. The summed E-state index contributed by atoms with van der Waals surface area (Å²) < 4.78 is 5.19. The lowest BCUT2D eigenvalue weighted by Gasteiger charge is -2.24. The third-order valence-electron chi connectivity index (χ3n) is 3.71. The van der Waals surface area contributed by atoms with Crippen LogP contribution in [0, 0.1) is 5.92 Å². The number of carbonyl (C=O) groups is 1. The van der Waals surface area contributed by atoms with Crippen LogP contribution in [0.15, 0.2) is 18.2 Å². The number of hydrogen-bond acceptors (Lipinski definition) is 3. The van der Waals surface area contributed by atoms with Gasteiger partial charge in [0.05, 0.1) is 18.4 Å². The van der Waals surface area contributed by atoms with Crippen LogP contribution >= 0.6 is 0 Å². The van der Waals surface area contributed by atoms with Crippen molar-refractivity contribution in [1.29, 1.82) is 0 Å². The highest BCUT2D eigenvalue weighted by Crippen LogP contribution is 2.32. The normalized spacial score (nSPS) is 14.4. The van der Waals surface area contributed by atoms with E-state index >= 15 is 0 Å². The van der Waals surface area contributed by atoms with Gasteiger partial charge in [0.1, 0.15) is 5.75 Å². The average Bonchev–Trinajstić information content (AvgIpc) is 3.23. The maximum Gasteiger partial charge on any atom is 0.256 e. The summed E-state index contributed by atoms with van der Waals surface area (Å²) in [6.45, 7) is 5.16. The summed E-state index contributed by atoms with van der Waals surface area (Å²) in [6, 6.07) is 5.77. The van der Waals surface area contributed by atoms with Crippen molar-refractivity contribution in [2.24, 2.45) is 5.92 Å². The van der Waals surface area contributed by atoms with E-state index in [1.54, 1.807) is 19.2 Å². The van der Waals surface area contributed by atoms with Gasteiger partial charge in [0, 0.05) is 12.6 Å². The minimum atomic E-state index is 0.0320. The van der Waals surface area contributed by atoms with Gasteiger partial charge in [-0.2, -0.15) is 0 Å². The summed E-state index contributed by atoms with van der Waals surface area (Å²) in [5.74, 6) is 1.19. The molecule has 4 nitrogen and oxygen atoms in total. The molecule has 0 aromatic heterocycles. The van der Waals surface area contributed by atoms with Crippen LogP contribution in [0.1, 0.15) is 43.5 Å². The number of amides is 1. The van der Waals surface area contributed by atoms with E-state index in [0.717, 1.165) is 25.8 Å². The first kappa shape index (κ1) is 14.7. The molecule has 0 saturated heterocycles. The van der Waals surface area contributed by atoms with Crippen LogP contribution < -0.4 is 10.5 Å². The Kier molecular flexibility index (Phi) is 4.53. The lowest BCUT2D eigenvalue weighted by molar-refractivity contribution is 0.0736. The molecule has 110 valence electrons. The quantitative estimate of drug-likeness (QED) is 0.813. The zero-order chi connectivity index (χ0) is 14.7.